The molecule has 5 N–H and O–H groups in total. The van der Waals surface area contributed by atoms with Gasteiger partial charge in [-0.05, 0) is 47.2 Å². The van der Waals surface area contributed by atoms with Crippen molar-refractivity contribution in [2.24, 2.45) is 11.7 Å². The number of rotatable bonds is 9. The first kappa shape index (κ1) is 21.9. The highest BCUT2D eigenvalue weighted by Crippen LogP contribution is 2.22. The molecular formula is C20H33N3OS. The first-order valence-corrected chi connectivity index (χ1v) is 9.81. The van der Waals surface area contributed by atoms with Crippen molar-refractivity contribution in [3.63, 3.8) is 0 Å². The minimum atomic E-state index is 0.181. The van der Waals surface area contributed by atoms with Crippen molar-refractivity contribution >= 4 is 22.7 Å². The highest BCUT2D eigenvalue weighted by molar-refractivity contribution is 7.97. The van der Waals surface area contributed by atoms with E-state index in [0.717, 1.165) is 25.4 Å². The Kier molecular flexibility index (Phi) is 11.5. The fourth-order valence-electron chi connectivity index (χ4n) is 2.12. The van der Waals surface area contributed by atoms with Crippen LogP contribution in [0.25, 0.3) is 10.8 Å². The summed E-state index contributed by atoms with van der Waals surface area (Å²) in [6, 6.07) is 15.0. The minimum absolute atomic E-state index is 0.181. The molecule has 5 heteroatoms. The van der Waals surface area contributed by atoms with Gasteiger partial charge in [0.25, 0.3) is 0 Å². The van der Waals surface area contributed by atoms with E-state index in [1.165, 1.54) is 15.7 Å². The highest BCUT2D eigenvalue weighted by Gasteiger charge is 2.08. The van der Waals surface area contributed by atoms with Gasteiger partial charge in [0.15, 0.2) is 0 Å². The fourth-order valence-corrected chi connectivity index (χ4v) is 2.95. The van der Waals surface area contributed by atoms with E-state index in [-0.39, 0.29) is 12.6 Å². The minimum Gasteiger partial charge on any atom is -0.396 e. The molecule has 1 atom stereocenters. The van der Waals surface area contributed by atoms with E-state index in [0.29, 0.717) is 6.54 Å². The molecule has 2 aromatic rings. The third kappa shape index (κ3) is 9.82. The zero-order chi connectivity index (χ0) is 18.5. The van der Waals surface area contributed by atoms with Crippen LogP contribution in [0.2, 0.25) is 0 Å². The van der Waals surface area contributed by atoms with Crippen LogP contribution < -0.4 is 15.8 Å². The molecule has 0 aliphatic heterocycles. The molecular weight excluding hydrogens is 330 g/mol. The Morgan fingerprint density at radius 1 is 1.08 bits per heavy atom. The molecule has 0 saturated heterocycles. The second-order valence-electron chi connectivity index (χ2n) is 6.66. The number of nitrogens with two attached hydrogens (primary N) is 1. The molecule has 2 rings (SSSR count). The fraction of sp³-hybridized carbons (Fsp3) is 0.500. The summed E-state index contributed by atoms with van der Waals surface area (Å²) < 4.78 is 3.41. The summed E-state index contributed by atoms with van der Waals surface area (Å²) in [5.74, 6) is 0.833. The molecule has 0 heterocycles. The van der Waals surface area contributed by atoms with Crippen molar-refractivity contribution in [1.82, 2.24) is 10.0 Å². The Labute approximate surface area is 156 Å². The zero-order valence-electron chi connectivity index (χ0n) is 15.7. The van der Waals surface area contributed by atoms with E-state index in [4.69, 9.17) is 10.8 Å². The van der Waals surface area contributed by atoms with E-state index < -0.39 is 0 Å². The Hall–Kier alpha value is -1.11. The quantitative estimate of drug-likeness (QED) is 0.406. The number of aliphatic hydroxyl groups is 1. The third-order valence-corrected chi connectivity index (χ3v) is 4.19. The normalized spacial score (nSPS) is 12.1. The summed E-state index contributed by atoms with van der Waals surface area (Å²) >= 11 is 1.61. The van der Waals surface area contributed by atoms with Crippen molar-refractivity contribution in [1.29, 1.82) is 0 Å². The third-order valence-electron chi connectivity index (χ3n) is 3.25. The summed E-state index contributed by atoms with van der Waals surface area (Å²) in [6.45, 7) is 8.91. The predicted molar refractivity (Wildman–Crippen MR) is 111 cm³/mol. The lowest BCUT2D eigenvalue weighted by Crippen LogP contribution is -2.37. The number of fused-ring (bicyclic) bond motifs is 1. The molecule has 4 nitrogen and oxygen atoms in total. The largest absolute Gasteiger partial charge is 0.396 e. The molecule has 25 heavy (non-hydrogen) atoms. The molecule has 1 unspecified atom stereocenters. The van der Waals surface area contributed by atoms with E-state index in [9.17, 15) is 0 Å². The second-order valence-corrected chi connectivity index (χ2v) is 7.57. The Bertz CT molecular complexity index is 589. The van der Waals surface area contributed by atoms with Crippen LogP contribution in [-0.4, -0.2) is 37.4 Å². The molecule has 0 saturated carbocycles. The maximum Gasteiger partial charge on any atom is 0.0446 e. The topological polar surface area (TPSA) is 70.3 Å². The van der Waals surface area contributed by atoms with Crippen LogP contribution >= 0.6 is 11.9 Å². The van der Waals surface area contributed by atoms with Gasteiger partial charge in [-0.15, -0.1) is 0 Å². The van der Waals surface area contributed by atoms with Gasteiger partial charge in [-0.25, -0.2) is 0 Å². The number of aliphatic hydroxyl groups excluding tert-OH is 1. The summed E-state index contributed by atoms with van der Waals surface area (Å²) in [4.78, 5) is 1.18. The van der Waals surface area contributed by atoms with E-state index >= 15 is 0 Å². The van der Waals surface area contributed by atoms with Gasteiger partial charge in [0.05, 0.1) is 0 Å². The van der Waals surface area contributed by atoms with Crippen LogP contribution in [-0.2, 0) is 0 Å². The van der Waals surface area contributed by atoms with Gasteiger partial charge in [0, 0.05) is 37.2 Å². The molecule has 0 aromatic heterocycles. The molecule has 140 valence electrons. The highest BCUT2D eigenvalue weighted by atomic mass is 32.2. The molecule has 0 radical (unpaired) electrons. The van der Waals surface area contributed by atoms with Crippen LogP contribution in [0.15, 0.2) is 47.4 Å². The van der Waals surface area contributed by atoms with Crippen LogP contribution in [0.4, 0.5) is 0 Å². The van der Waals surface area contributed by atoms with Gasteiger partial charge in [-0.1, -0.05) is 51.1 Å². The van der Waals surface area contributed by atoms with E-state index in [1.807, 2.05) is 6.07 Å². The summed E-state index contributed by atoms with van der Waals surface area (Å²) in [5, 5.41) is 14.9. The number of hydrogen-bond acceptors (Lipinski definition) is 5. The number of hydrogen-bond donors (Lipinski definition) is 4. The lowest BCUT2D eigenvalue weighted by atomic mass is 10.1. The first-order chi connectivity index (χ1) is 12.1. The maximum absolute atomic E-state index is 9.13. The van der Waals surface area contributed by atoms with Crippen LogP contribution in [0.5, 0.6) is 0 Å². The van der Waals surface area contributed by atoms with Crippen LogP contribution in [0, 0.1) is 5.92 Å². The van der Waals surface area contributed by atoms with Gasteiger partial charge in [0.1, 0.15) is 0 Å². The van der Waals surface area contributed by atoms with Crippen molar-refractivity contribution < 1.29 is 5.11 Å². The van der Waals surface area contributed by atoms with Crippen molar-refractivity contribution in [3.8, 4) is 0 Å². The number of benzene rings is 2. The molecule has 0 fully saturated rings. The Morgan fingerprint density at radius 3 is 2.40 bits per heavy atom. The predicted octanol–water partition coefficient (Wildman–Crippen LogP) is 3.40. The van der Waals surface area contributed by atoms with Crippen LogP contribution in [0.1, 0.15) is 27.2 Å². The maximum atomic E-state index is 9.13. The number of nitrogens with one attached hydrogen (secondary N) is 2. The first-order valence-electron chi connectivity index (χ1n) is 8.99. The van der Waals surface area contributed by atoms with Crippen molar-refractivity contribution in [3.05, 3.63) is 42.5 Å². The lowest BCUT2D eigenvalue weighted by molar-refractivity contribution is 0.271. The molecule has 0 bridgehead atoms. The van der Waals surface area contributed by atoms with Crippen molar-refractivity contribution in [2.45, 2.75) is 38.1 Å². The van der Waals surface area contributed by atoms with Gasteiger partial charge in [-0.3, -0.25) is 4.72 Å². The smallest absolute Gasteiger partial charge is 0.0446 e. The van der Waals surface area contributed by atoms with E-state index in [2.05, 4.69) is 67.2 Å². The second kappa shape index (κ2) is 13.1. The summed E-state index contributed by atoms with van der Waals surface area (Å²) in [6.07, 6.45) is 0.720. The van der Waals surface area contributed by atoms with Gasteiger partial charge < -0.3 is 16.2 Å². The zero-order valence-corrected chi connectivity index (χ0v) is 16.5. The Morgan fingerprint density at radius 2 is 1.76 bits per heavy atom. The summed E-state index contributed by atoms with van der Waals surface area (Å²) in [5.41, 5.74) is 5.47. The molecule has 0 aliphatic rings. The van der Waals surface area contributed by atoms with Gasteiger partial charge in [0.2, 0.25) is 0 Å². The standard InChI is InChI=1S/C16H23N3OS.C4H10/c17-8-9-18-12-15(7-10-20)19-21-16-6-5-13-3-1-2-4-14(13)11-16;1-4(2)3/h1-6,11,15,18-20H,7-10,12,17H2;4H,1-3H3. The van der Waals surface area contributed by atoms with Gasteiger partial charge >= 0.3 is 0 Å². The lowest BCUT2D eigenvalue weighted by Gasteiger charge is -2.17. The SMILES string of the molecule is CC(C)C.NCCNCC(CCO)NSc1ccc2ccccc2c1. The van der Waals surface area contributed by atoms with E-state index in [1.54, 1.807) is 11.9 Å². The van der Waals surface area contributed by atoms with Crippen LogP contribution in [0.3, 0.4) is 0 Å². The monoisotopic (exact) mass is 363 g/mol. The average molecular weight is 364 g/mol. The molecule has 2 aromatic carbocycles. The average Bonchev–Trinajstić information content (AvgIpc) is 2.59. The van der Waals surface area contributed by atoms with Gasteiger partial charge in [-0.2, -0.15) is 0 Å². The Balaban J connectivity index is 0.000000705. The molecule has 0 amide bonds. The molecule has 0 aliphatic carbocycles. The summed E-state index contributed by atoms with van der Waals surface area (Å²) in [7, 11) is 0. The molecule has 0 spiro atoms. The van der Waals surface area contributed by atoms with Crippen molar-refractivity contribution in [2.75, 3.05) is 26.2 Å².